The van der Waals surface area contributed by atoms with Crippen LogP contribution in [0.4, 0.5) is 0 Å². The van der Waals surface area contributed by atoms with Crippen LogP contribution in [0.3, 0.4) is 0 Å². The van der Waals surface area contributed by atoms with E-state index in [-0.39, 0.29) is 5.75 Å². The molecule has 0 aliphatic carbocycles. The minimum Gasteiger partial charge on any atom is -0.508 e. The molecule has 96 valence electrons. The molecule has 5 heteroatoms. The third-order valence-corrected chi connectivity index (χ3v) is 3.91. The van der Waals surface area contributed by atoms with Gasteiger partial charge in [0.15, 0.2) is 5.16 Å². The molecule has 0 aliphatic heterocycles. The van der Waals surface area contributed by atoms with E-state index in [1.807, 2.05) is 30.8 Å². The summed E-state index contributed by atoms with van der Waals surface area (Å²) in [7, 11) is 3.60. The number of phenolic OH excluding ortho intramolecular Hbond substituents is 1. The number of imidazole rings is 1. The minimum absolute atomic E-state index is 0.286. The molecule has 4 nitrogen and oxygen atoms in total. The predicted molar refractivity (Wildman–Crippen MR) is 72.2 cm³/mol. The average molecular weight is 264 g/mol. The van der Waals surface area contributed by atoms with Gasteiger partial charge in [-0.25, -0.2) is 4.98 Å². The lowest BCUT2D eigenvalue weighted by Gasteiger charge is -2.07. The van der Waals surface area contributed by atoms with Crippen molar-refractivity contribution in [1.82, 2.24) is 9.55 Å². The Balaban J connectivity index is 2.12. The number of phenols is 1. The fourth-order valence-electron chi connectivity index (χ4n) is 1.55. The maximum atomic E-state index is 9.79. The lowest BCUT2D eigenvalue weighted by Crippen LogP contribution is -1.94. The van der Waals surface area contributed by atoms with Gasteiger partial charge in [0.2, 0.25) is 0 Å². The summed E-state index contributed by atoms with van der Waals surface area (Å²) in [4.78, 5) is 4.32. The van der Waals surface area contributed by atoms with E-state index >= 15 is 0 Å². The van der Waals surface area contributed by atoms with Crippen LogP contribution >= 0.6 is 11.8 Å². The van der Waals surface area contributed by atoms with Crippen molar-refractivity contribution in [2.75, 3.05) is 7.11 Å². The number of ether oxygens (including phenoxy) is 1. The van der Waals surface area contributed by atoms with Crippen molar-refractivity contribution in [2.24, 2.45) is 7.05 Å². The van der Waals surface area contributed by atoms with Gasteiger partial charge in [0.1, 0.15) is 11.5 Å². The number of methoxy groups -OCH3 is 1. The molecule has 18 heavy (non-hydrogen) atoms. The number of thioether (sulfide) groups is 1. The fourth-order valence-corrected chi connectivity index (χ4v) is 2.53. The number of aryl methyl sites for hydroxylation is 1. The Labute approximate surface area is 111 Å². The SMILES string of the molecule is COc1ccc(O)c(CSc2ncc(C)n2C)c1. The standard InChI is InChI=1S/C13H16N2O2S/c1-9-7-14-13(15(9)2)18-8-10-6-11(17-3)4-5-12(10)16/h4-7,16H,8H2,1-3H3. The maximum Gasteiger partial charge on any atom is 0.168 e. The zero-order valence-corrected chi connectivity index (χ0v) is 11.5. The van der Waals surface area contributed by atoms with Crippen LogP contribution in [0, 0.1) is 6.92 Å². The van der Waals surface area contributed by atoms with Crippen molar-refractivity contribution in [3.63, 3.8) is 0 Å². The predicted octanol–water partition coefficient (Wildman–Crippen LogP) is 2.74. The van der Waals surface area contributed by atoms with Gasteiger partial charge in [-0.3, -0.25) is 0 Å². The summed E-state index contributed by atoms with van der Waals surface area (Å²) in [5.41, 5.74) is 1.97. The molecule has 0 fully saturated rings. The molecule has 0 amide bonds. The van der Waals surface area contributed by atoms with E-state index in [1.54, 1.807) is 31.0 Å². The van der Waals surface area contributed by atoms with E-state index in [1.165, 1.54) is 0 Å². The third-order valence-electron chi connectivity index (χ3n) is 2.82. The van der Waals surface area contributed by atoms with Crippen LogP contribution < -0.4 is 4.74 Å². The number of hydrogen-bond donors (Lipinski definition) is 1. The minimum atomic E-state index is 0.286. The van der Waals surface area contributed by atoms with Crippen molar-refractivity contribution in [3.05, 3.63) is 35.7 Å². The van der Waals surface area contributed by atoms with Crippen molar-refractivity contribution in [2.45, 2.75) is 17.8 Å². The molecule has 0 spiro atoms. The Morgan fingerprint density at radius 1 is 1.44 bits per heavy atom. The third kappa shape index (κ3) is 2.61. The van der Waals surface area contributed by atoms with E-state index in [2.05, 4.69) is 4.98 Å². The fraction of sp³-hybridized carbons (Fsp3) is 0.308. The van der Waals surface area contributed by atoms with Crippen molar-refractivity contribution in [3.8, 4) is 11.5 Å². The van der Waals surface area contributed by atoms with Gasteiger partial charge in [0, 0.05) is 30.3 Å². The largest absolute Gasteiger partial charge is 0.508 e. The van der Waals surface area contributed by atoms with E-state index in [9.17, 15) is 5.11 Å². The molecule has 2 rings (SSSR count). The van der Waals surface area contributed by atoms with Crippen molar-refractivity contribution >= 4 is 11.8 Å². The van der Waals surface area contributed by atoms with Gasteiger partial charge in [-0.15, -0.1) is 0 Å². The van der Waals surface area contributed by atoms with Crippen LogP contribution in [0.25, 0.3) is 0 Å². The normalized spacial score (nSPS) is 10.6. The first-order valence-corrected chi connectivity index (χ1v) is 6.57. The summed E-state index contributed by atoms with van der Waals surface area (Å²) in [6.45, 7) is 2.01. The number of nitrogens with zero attached hydrogens (tertiary/aromatic N) is 2. The zero-order valence-electron chi connectivity index (χ0n) is 10.7. The molecule has 1 aromatic heterocycles. The summed E-state index contributed by atoms with van der Waals surface area (Å²) < 4.78 is 7.18. The van der Waals surface area contributed by atoms with Crippen LogP contribution in [0.15, 0.2) is 29.6 Å². The second-order valence-corrected chi connectivity index (χ2v) is 4.97. The Hall–Kier alpha value is -1.62. The van der Waals surface area contributed by atoms with Gasteiger partial charge in [-0.05, 0) is 25.1 Å². The zero-order chi connectivity index (χ0) is 13.1. The first-order valence-electron chi connectivity index (χ1n) is 5.59. The van der Waals surface area contributed by atoms with Gasteiger partial charge in [0.25, 0.3) is 0 Å². The molecule has 0 aliphatic rings. The summed E-state index contributed by atoms with van der Waals surface area (Å²) in [6.07, 6.45) is 1.84. The molecule has 0 bridgehead atoms. The van der Waals surface area contributed by atoms with Gasteiger partial charge < -0.3 is 14.4 Å². The smallest absolute Gasteiger partial charge is 0.168 e. The topological polar surface area (TPSA) is 47.3 Å². The highest BCUT2D eigenvalue weighted by molar-refractivity contribution is 7.98. The van der Waals surface area contributed by atoms with Gasteiger partial charge in [0.05, 0.1) is 7.11 Å². The summed E-state index contributed by atoms with van der Waals surface area (Å²) in [5, 5.41) is 10.7. The molecule has 0 saturated heterocycles. The molecule has 0 radical (unpaired) electrons. The number of benzene rings is 1. The molecular formula is C13H16N2O2S. The Morgan fingerprint density at radius 3 is 2.83 bits per heavy atom. The highest BCUT2D eigenvalue weighted by Crippen LogP contribution is 2.29. The molecule has 2 aromatic rings. The Bertz CT molecular complexity index is 552. The average Bonchev–Trinajstić information content (AvgIpc) is 2.69. The molecule has 0 saturated carbocycles. The Morgan fingerprint density at radius 2 is 2.22 bits per heavy atom. The lowest BCUT2D eigenvalue weighted by molar-refractivity contribution is 0.411. The molecule has 1 aromatic carbocycles. The van der Waals surface area contributed by atoms with Crippen LogP contribution in [0.5, 0.6) is 11.5 Å². The van der Waals surface area contributed by atoms with Crippen molar-refractivity contribution < 1.29 is 9.84 Å². The molecule has 1 heterocycles. The second kappa shape index (κ2) is 5.35. The Kier molecular flexibility index (Phi) is 3.81. The first-order chi connectivity index (χ1) is 8.61. The van der Waals surface area contributed by atoms with E-state index in [4.69, 9.17) is 4.74 Å². The van der Waals surface area contributed by atoms with Crippen LogP contribution in [0.1, 0.15) is 11.3 Å². The van der Waals surface area contributed by atoms with Crippen molar-refractivity contribution in [1.29, 1.82) is 0 Å². The number of hydrogen-bond acceptors (Lipinski definition) is 4. The quantitative estimate of drug-likeness (QED) is 0.863. The molecular weight excluding hydrogens is 248 g/mol. The molecule has 1 N–H and O–H groups in total. The highest BCUT2D eigenvalue weighted by atomic mass is 32.2. The van der Waals surface area contributed by atoms with E-state index in [0.717, 1.165) is 22.2 Å². The highest BCUT2D eigenvalue weighted by Gasteiger charge is 2.08. The van der Waals surface area contributed by atoms with Crippen LogP contribution in [0.2, 0.25) is 0 Å². The molecule has 0 unspecified atom stereocenters. The summed E-state index contributed by atoms with van der Waals surface area (Å²) >= 11 is 1.59. The lowest BCUT2D eigenvalue weighted by atomic mass is 10.2. The number of rotatable bonds is 4. The number of aromatic hydroxyl groups is 1. The maximum absolute atomic E-state index is 9.79. The molecule has 0 atom stereocenters. The second-order valence-electron chi connectivity index (χ2n) is 4.02. The van der Waals surface area contributed by atoms with E-state index in [0.29, 0.717) is 5.75 Å². The summed E-state index contributed by atoms with van der Waals surface area (Å²) in [5.74, 6) is 1.70. The number of aromatic nitrogens is 2. The van der Waals surface area contributed by atoms with Crippen LogP contribution in [-0.2, 0) is 12.8 Å². The van der Waals surface area contributed by atoms with Gasteiger partial charge in [-0.1, -0.05) is 11.8 Å². The van der Waals surface area contributed by atoms with Gasteiger partial charge in [-0.2, -0.15) is 0 Å². The first kappa shape index (κ1) is 12.8. The van der Waals surface area contributed by atoms with E-state index < -0.39 is 0 Å². The summed E-state index contributed by atoms with van der Waals surface area (Å²) in [6, 6.07) is 5.24. The monoisotopic (exact) mass is 264 g/mol. The van der Waals surface area contributed by atoms with Gasteiger partial charge >= 0.3 is 0 Å². The van der Waals surface area contributed by atoms with Crippen LogP contribution in [-0.4, -0.2) is 21.8 Å².